The van der Waals surface area contributed by atoms with Gasteiger partial charge >= 0.3 is 5.97 Å². The quantitative estimate of drug-likeness (QED) is 0.789. The van der Waals surface area contributed by atoms with Gasteiger partial charge in [-0.15, -0.1) is 0 Å². The lowest BCUT2D eigenvalue weighted by molar-refractivity contribution is -0.139. The van der Waals surface area contributed by atoms with Crippen molar-refractivity contribution in [2.24, 2.45) is 0 Å². The Hall–Kier alpha value is -1.55. The molecule has 0 aromatic heterocycles. The van der Waals surface area contributed by atoms with E-state index >= 15 is 0 Å². The van der Waals surface area contributed by atoms with Crippen LogP contribution in [-0.2, 0) is 4.79 Å². The average molecular weight is 262 g/mol. The number of aryl methyl sites for hydroxylation is 1. The second-order valence-electron chi connectivity index (χ2n) is 5.21. The summed E-state index contributed by atoms with van der Waals surface area (Å²) in [5.41, 5.74) is 2.29. The molecule has 0 spiro atoms. The summed E-state index contributed by atoms with van der Waals surface area (Å²) >= 11 is 0. The molecule has 104 valence electrons. The SMILES string of the molecule is CCN(CC(NC1CC1)C(=O)O)c1ccc(C)cc1. The molecule has 4 nitrogen and oxygen atoms in total. The highest BCUT2D eigenvalue weighted by atomic mass is 16.4. The molecule has 1 atom stereocenters. The summed E-state index contributed by atoms with van der Waals surface area (Å²) in [5, 5.41) is 12.5. The van der Waals surface area contributed by atoms with Crippen molar-refractivity contribution >= 4 is 11.7 Å². The van der Waals surface area contributed by atoms with Crippen molar-refractivity contribution in [3.05, 3.63) is 29.8 Å². The molecule has 0 amide bonds. The van der Waals surface area contributed by atoms with Crippen LogP contribution in [0.2, 0.25) is 0 Å². The van der Waals surface area contributed by atoms with Crippen LogP contribution in [-0.4, -0.2) is 36.2 Å². The minimum Gasteiger partial charge on any atom is -0.480 e. The summed E-state index contributed by atoms with van der Waals surface area (Å²) < 4.78 is 0. The van der Waals surface area contributed by atoms with E-state index in [-0.39, 0.29) is 0 Å². The molecular weight excluding hydrogens is 240 g/mol. The fourth-order valence-corrected chi connectivity index (χ4v) is 2.13. The maximum absolute atomic E-state index is 11.3. The molecule has 19 heavy (non-hydrogen) atoms. The minimum atomic E-state index is -0.766. The summed E-state index contributed by atoms with van der Waals surface area (Å²) in [6, 6.07) is 8.13. The van der Waals surface area contributed by atoms with Crippen LogP contribution >= 0.6 is 0 Å². The Morgan fingerprint density at radius 3 is 2.53 bits per heavy atom. The number of carboxylic acid groups (broad SMARTS) is 1. The van der Waals surface area contributed by atoms with E-state index in [4.69, 9.17) is 0 Å². The topological polar surface area (TPSA) is 52.6 Å². The van der Waals surface area contributed by atoms with Crippen molar-refractivity contribution < 1.29 is 9.90 Å². The molecule has 1 aromatic carbocycles. The lowest BCUT2D eigenvalue weighted by Gasteiger charge is -2.27. The van der Waals surface area contributed by atoms with Crippen molar-refractivity contribution in [2.45, 2.75) is 38.8 Å². The van der Waals surface area contributed by atoms with Crippen molar-refractivity contribution in [3.63, 3.8) is 0 Å². The van der Waals surface area contributed by atoms with Crippen LogP contribution in [0.4, 0.5) is 5.69 Å². The van der Waals surface area contributed by atoms with Gasteiger partial charge in [-0.05, 0) is 38.8 Å². The van der Waals surface area contributed by atoms with Crippen LogP contribution in [0.3, 0.4) is 0 Å². The average Bonchev–Trinajstić information content (AvgIpc) is 3.19. The number of nitrogens with zero attached hydrogens (tertiary/aromatic N) is 1. The molecular formula is C15H22N2O2. The van der Waals surface area contributed by atoms with Gasteiger partial charge in [-0.25, -0.2) is 0 Å². The largest absolute Gasteiger partial charge is 0.480 e. The molecule has 0 heterocycles. The Morgan fingerprint density at radius 2 is 2.05 bits per heavy atom. The maximum Gasteiger partial charge on any atom is 0.322 e. The Kier molecular flexibility index (Phi) is 4.43. The van der Waals surface area contributed by atoms with Gasteiger partial charge in [0.25, 0.3) is 0 Å². The molecule has 2 rings (SSSR count). The molecule has 1 unspecified atom stereocenters. The standard InChI is InChI=1S/C15H22N2O2/c1-3-17(13-8-4-11(2)5-9-13)10-14(15(18)19)16-12-6-7-12/h4-5,8-9,12,14,16H,3,6-7,10H2,1-2H3,(H,18,19). The van der Waals surface area contributed by atoms with Crippen LogP contribution in [0.1, 0.15) is 25.3 Å². The summed E-state index contributed by atoms with van der Waals surface area (Å²) in [4.78, 5) is 13.4. The molecule has 0 bridgehead atoms. The first-order chi connectivity index (χ1) is 9.10. The highest BCUT2D eigenvalue weighted by molar-refractivity contribution is 5.74. The van der Waals surface area contributed by atoms with Gasteiger partial charge in [-0.1, -0.05) is 17.7 Å². The van der Waals surface area contributed by atoms with Crippen LogP contribution in [0, 0.1) is 6.92 Å². The van der Waals surface area contributed by atoms with Gasteiger partial charge in [0, 0.05) is 24.8 Å². The van der Waals surface area contributed by atoms with Crippen LogP contribution < -0.4 is 10.2 Å². The first-order valence-corrected chi connectivity index (χ1v) is 6.90. The van der Waals surface area contributed by atoms with Gasteiger partial charge in [-0.3, -0.25) is 4.79 Å². The second-order valence-corrected chi connectivity index (χ2v) is 5.21. The third-order valence-electron chi connectivity index (χ3n) is 3.50. The first-order valence-electron chi connectivity index (χ1n) is 6.90. The van der Waals surface area contributed by atoms with Crippen molar-refractivity contribution in [1.29, 1.82) is 0 Å². The molecule has 0 aliphatic heterocycles. The minimum absolute atomic E-state index is 0.401. The lowest BCUT2D eigenvalue weighted by atomic mass is 10.2. The second kappa shape index (κ2) is 6.06. The van der Waals surface area contributed by atoms with E-state index in [9.17, 15) is 9.90 Å². The Balaban J connectivity index is 2.03. The van der Waals surface area contributed by atoms with Crippen molar-refractivity contribution in [1.82, 2.24) is 5.32 Å². The zero-order chi connectivity index (χ0) is 13.8. The highest BCUT2D eigenvalue weighted by Gasteiger charge is 2.29. The smallest absolute Gasteiger partial charge is 0.322 e. The predicted octanol–water partition coefficient (Wildman–Crippen LogP) is 2.03. The van der Waals surface area contributed by atoms with Gasteiger partial charge in [0.2, 0.25) is 0 Å². The van der Waals surface area contributed by atoms with E-state index in [2.05, 4.69) is 48.3 Å². The summed E-state index contributed by atoms with van der Waals surface area (Å²) in [6.07, 6.45) is 2.20. The first kappa shape index (κ1) is 13.9. The number of carboxylic acids is 1. The van der Waals surface area contributed by atoms with E-state index in [0.29, 0.717) is 12.6 Å². The number of hydrogen-bond donors (Lipinski definition) is 2. The molecule has 1 aromatic rings. The molecule has 1 fully saturated rings. The van der Waals surface area contributed by atoms with Gasteiger partial charge in [0.1, 0.15) is 6.04 Å². The van der Waals surface area contributed by atoms with Gasteiger partial charge < -0.3 is 15.3 Å². The molecule has 1 saturated carbocycles. The molecule has 4 heteroatoms. The molecule has 2 N–H and O–H groups in total. The van der Waals surface area contributed by atoms with Crippen LogP contribution in [0.15, 0.2) is 24.3 Å². The van der Waals surface area contributed by atoms with E-state index in [1.165, 1.54) is 5.56 Å². The number of nitrogens with one attached hydrogen (secondary N) is 1. The highest BCUT2D eigenvalue weighted by Crippen LogP contribution is 2.20. The van der Waals surface area contributed by atoms with Crippen LogP contribution in [0.5, 0.6) is 0 Å². The maximum atomic E-state index is 11.3. The van der Waals surface area contributed by atoms with Crippen molar-refractivity contribution in [3.8, 4) is 0 Å². The van der Waals surface area contributed by atoms with Crippen molar-refractivity contribution in [2.75, 3.05) is 18.0 Å². The Morgan fingerprint density at radius 1 is 1.42 bits per heavy atom. The van der Waals surface area contributed by atoms with Crippen LogP contribution in [0.25, 0.3) is 0 Å². The third-order valence-corrected chi connectivity index (χ3v) is 3.50. The molecule has 0 saturated heterocycles. The number of likely N-dealkylation sites (N-methyl/N-ethyl adjacent to an activating group) is 1. The zero-order valence-electron chi connectivity index (χ0n) is 11.6. The third kappa shape index (κ3) is 3.96. The number of anilines is 1. The van der Waals surface area contributed by atoms with E-state index in [1.54, 1.807) is 0 Å². The Bertz CT molecular complexity index is 426. The number of hydrogen-bond acceptors (Lipinski definition) is 3. The summed E-state index contributed by atoms with van der Waals surface area (Å²) in [7, 11) is 0. The number of rotatable bonds is 7. The number of carbonyl (C=O) groups is 1. The summed E-state index contributed by atoms with van der Waals surface area (Å²) in [5.74, 6) is -0.766. The van der Waals surface area contributed by atoms with E-state index < -0.39 is 12.0 Å². The molecule has 0 radical (unpaired) electrons. The van der Waals surface area contributed by atoms with Gasteiger partial charge in [0.15, 0.2) is 0 Å². The van der Waals surface area contributed by atoms with Gasteiger partial charge in [0.05, 0.1) is 0 Å². The zero-order valence-corrected chi connectivity index (χ0v) is 11.6. The fourth-order valence-electron chi connectivity index (χ4n) is 2.13. The molecule has 1 aliphatic carbocycles. The number of benzene rings is 1. The lowest BCUT2D eigenvalue weighted by Crippen LogP contribution is -2.47. The number of aliphatic carboxylic acids is 1. The Labute approximate surface area is 114 Å². The predicted molar refractivity (Wildman–Crippen MR) is 76.6 cm³/mol. The van der Waals surface area contributed by atoms with E-state index in [0.717, 1.165) is 25.1 Å². The van der Waals surface area contributed by atoms with E-state index in [1.807, 2.05) is 0 Å². The molecule has 1 aliphatic rings. The monoisotopic (exact) mass is 262 g/mol. The normalized spacial score (nSPS) is 16.1. The van der Waals surface area contributed by atoms with Gasteiger partial charge in [-0.2, -0.15) is 0 Å². The summed E-state index contributed by atoms with van der Waals surface area (Å²) in [6.45, 7) is 5.41. The fraction of sp³-hybridized carbons (Fsp3) is 0.533.